The molecule has 0 bridgehead atoms. The quantitative estimate of drug-likeness (QED) is 0.227. The van der Waals surface area contributed by atoms with Gasteiger partial charge < -0.3 is 19.3 Å². The molecule has 4 rings (SSSR count). The van der Waals surface area contributed by atoms with Gasteiger partial charge in [-0.15, -0.1) is 0 Å². The molecule has 0 unspecified atom stereocenters. The summed E-state index contributed by atoms with van der Waals surface area (Å²) in [4.78, 5) is 20.2. The summed E-state index contributed by atoms with van der Waals surface area (Å²) in [6.07, 6.45) is 3.10. The number of carbonyl (C=O) groups is 1. The second-order valence-electron chi connectivity index (χ2n) is 8.64. The van der Waals surface area contributed by atoms with Crippen LogP contribution in [-0.4, -0.2) is 28.2 Å². The van der Waals surface area contributed by atoms with Gasteiger partial charge in [0.15, 0.2) is 11.5 Å². The predicted molar refractivity (Wildman–Crippen MR) is 147 cm³/mol. The zero-order chi connectivity index (χ0) is 27.9. The third kappa shape index (κ3) is 6.92. The lowest BCUT2D eigenvalue weighted by Gasteiger charge is -2.13. The lowest BCUT2D eigenvalue weighted by molar-refractivity contribution is -0.132. The number of carboxylic acids is 1. The predicted octanol–water partition coefficient (Wildman–Crippen LogP) is 6.92. The maximum Gasteiger partial charge on any atom is 0.331 e. The number of nitriles is 1. The van der Waals surface area contributed by atoms with Gasteiger partial charge in [-0.2, -0.15) is 5.26 Å². The van der Waals surface area contributed by atoms with Crippen molar-refractivity contribution in [1.29, 1.82) is 5.26 Å². The third-order valence-corrected chi connectivity index (χ3v) is 5.99. The minimum atomic E-state index is -1.02. The van der Waals surface area contributed by atoms with E-state index in [1.807, 2.05) is 13.8 Å². The molecule has 0 saturated heterocycles. The van der Waals surface area contributed by atoms with E-state index in [9.17, 15) is 9.90 Å². The fourth-order valence-electron chi connectivity index (χ4n) is 3.90. The summed E-state index contributed by atoms with van der Waals surface area (Å²) >= 11 is 5.93. The lowest BCUT2D eigenvalue weighted by Crippen LogP contribution is -2.04. The van der Waals surface area contributed by atoms with Crippen LogP contribution in [0.4, 0.5) is 0 Å². The summed E-state index contributed by atoms with van der Waals surface area (Å²) < 4.78 is 17.4. The van der Waals surface area contributed by atoms with Crippen molar-refractivity contribution in [3.05, 3.63) is 105 Å². The largest absolute Gasteiger partial charge is 0.493 e. The molecule has 0 aliphatic rings. The fraction of sp³-hybridized carbons (Fsp3) is 0.133. The first-order valence-electron chi connectivity index (χ1n) is 11.8. The number of nitrogens with zero attached hydrogens (tertiary/aromatic N) is 3. The Labute approximate surface area is 230 Å². The smallest absolute Gasteiger partial charge is 0.331 e. The number of hydrogen-bond donors (Lipinski definition) is 1. The molecule has 1 heterocycles. The van der Waals surface area contributed by atoms with Crippen molar-refractivity contribution in [2.45, 2.75) is 20.3 Å². The first-order valence-corrected chi connectivity index (χ1v) is 12.2. The Morgan fingerprint density at radius 3 is 2.26 bits per heavy atom. The third-order valence-electron chi connectivity index (χ3n) is 5.74. The lowest BCUT2D eigenvalue weighted by atomic mass is 10.0. The van der Waals surface area contributed by atoms with Crippen molar-refractivity contribution in [2.75, 3.05) is 7.11 Å². The van der Waals surface area contributed by atoms with Gasteiger partial charge in [-0.25, -0.2) is 14.8 Å². The topological polar surface area (TPSA) is 115 Å². The van der Waals surface area contributed by atoms with Crippen molar-refractivity contribution < 1.29 is 24.1 Å². The molecule has 1 aromatic heterocycles. The normalized spacial score (nSPS) is 11.0. The number of aliphatic carboxylic acids is 1. The number of benzene rings is 3. The van der Waals surface area contributed by atoms with Gasteiger partial charge in [0.25, 0.3) is 0 Å². The Hall–Kier alpha value is -4.87. The monoisotopic (exact) mass is 541 g/mol. The highest BCUT2D eigenvalue weighted by Gasteiger charge is 2.14. The van der Waals surface area contributed by atoms with Gasteiger partial charge in [-0.05, 0) is 78.6 Å². The zero-order valence-corrected chi connectivity index (χ0v) is 22.2. The highest BCUT2D eigenvalue weighted by atomic mass is 35.5. The fourth-order valence-corrected chi connectivity index (χ4v) is 4.03. The molecular formula is C30H24ClN3O5. The standard InChI is InChI=1S/C30H24ClN3O5/c1-18-10-22(16-32)11-19(2)29(18)39-28-15-27(33-17-34-28)38-25-9-6-21(14-26(25)37-3)13-23(30(35)36)12-20-4-7-24(31)8-5-20/h4-12,14-15,17H,13H2,1-3H3,(H,35,36). The molecule has 0 fully saturated rings. The molecule has 0 spiro atoms. The molecule has 0 radical (unpaired) electrons. The van der Waals surface area contributed by atoms with E-state index < -0.39 is 5.97 Å². The second kappa shape index (κ2) is 12.1. The van der Waals surface area contributed by atoms with E-state index in [-0.39, 0.29) is 23.8 Å². The van der Waals surface area contributed by atoms with Gasteiger partial charge in [0.05, 0.1) is 24.8 Å². The van der Waals surface area contributed by atoms with Gasteiger partial charge in [0.2, 0.25) is 11.8 Å². The van der Waals surface area contributed by atoms with Crippen LogP contribution in [0.25, 0.3) is 6.08 Å². The average Bonchev–Trinajstić information content (AvgIpc) is 2.92. The first-order chi connectivity index (χ1) is 18.7. The average molecular weight is 542 g/mol. The molecule has 0 atom stereocenters. The van der Waals surface area contributed by atoms with E-state index >= 15 is 0 Å². The maximum atomic E-state index is 11.9. The van der Waals surface area contributed by atoms with Crippen molar-refractivity contribution in [3.8, 4) is 35.1 Å². The van der Waals surface area contributed by atoms with Crippen LogP contribution in [0.15, 0.2) is 72.6 Å². The molecule has 0 aliphatic heterocycles. The number of hydrogen-bond acceptors (Lipinski definition) is 7. The van der Waals surface area contributed by atoms with Crippen LogP contribution >= 0.6 is 11.6 Å². The molecule has 0 aliphatic carbocycles. The van der Waals surface area contributed by atoms with Crippen LogP contribution in [0, 0.1) is 25.2 Å². The molecule has 0 amide bonds. The van der Waals surface area contributed by atoms with E-state index in [1.165, 1.54) is 13.4 Å². The van der Waals surface area contributed by atoms with E-state index in [4.69, 9.17) is 31.1 Å². The summed E-state index contributed by atoms with van der Waals surface area (Å²) in [5.41, 5.74) is 3.82. The Morgan fingerprint density at radius 2 is 1.64 bits per heavy atom. The van der Waals surface area contributed by atoms with Crippen LogP contribution in [0.3, 0.4) is 0 Å². The highest BCUT2D eigenvalue weighted by molar-refractivity contribution is 6.30. The molecular weight excluding hydrogens is 518 g/mol. The van der Waals surface area contributed by atoms with Crippen LogP contribution < -0.4 is 14.2 Å². The summed E-state index contributed by atoms with van der Waals surface area (Å²) in [7, 11) is 1.50. The van der Waals surface area contributed by atoms with Crippen LogP contribution in [0.2, 0.25) is 5.02 Å². The van der Waals surface area contributed by atoms with Gasteiger partial charge in [-0.1, -0.05) is 29.8 Å². The number of aryl methyl sites for hydroxylation is 2. The van der Waals surface area contributed by atoms with E-state index in [0.29, 0.717) is 27.8 Å². The second-order valence-corrected chi connectivity index (χ2v) is 9.07. The molecule has 9 heteroatoms. The Kier molecular flexibility index (Phi) is 8.44. The molecule has 4 aromatic rings. The number of ether oxygens (including phenoxy) is 3. The minimum absolute atomic E-state index is 0.170. The zero-order valence-electron chi connectivity index (χ0n) is 21.4. The van der Waals surface area contributed by atoms with Gasteiger partial charge in [0, 0.05) is 17.0 Å². The molecule has 196 valence electrons. The number of halogens is 1. The summed E-state index contributed by atoms with van der Waals surface area (Å²) in [5, 5.41) is 19.5. The van der Waals surface area contributed by atoms with Crippen LogP contribution in [0.5, 0.6) is 29.0 Å². The maximum absolute atomic E-state index is 11.9. The van der Waals surface area contributed by atoms with Crippen molar-refractivity contribution in [1.82, 2.24) is 9.97 Å². The Balaban J connectivity index is 1.53. The molecule has 8 nitrogen and oxygen atoms in total. The van der Waals surface area contributed by atoms with E-state index in [1.54, 1.807) is 66.7 Å². The number of methoxy groups -OCH3 is 1. The van der Waals surface area contributed by atoms with Gasteiger partial charge >= 0.3 is 5.97 Å². The number of aromatic nitrogens is 2. The molecule has 3 aromatic carbocycles. The van der Waals surface area contributed by atoms with Crippen LogP contribution in [0.1, 0.15) is 27.8 Å². The summed E-state index contributed by atoms with van der Waals surface area (Å²) in [6, 6.07) is 19.3. The van der Waals surface area contributed by atoms with Crippen LogP contribution in [-0.2, 0) is 11.2 Å². The van der Waals surface area contributed by atoms with Gasteiger partial charge in [0.1, 0.15) is 12.1 Å². The number of carboxylic acid groups (broad SMARTS) is 1. The molecule has 0 saturated carbocycles. The first kappa shape index (κ1) is 27.2. The van der Waals surface area contributed by atoms with Crippen molar-refractivity contribution in [2.24, 2.45) is 0 Å². The van der Waals surface area contributed by atoms with Crippen molar-refractivity contribution >= 4 is 23.6 Å². The SMILES string of the molecule is COc1cc(CC(=Cc2ccc(Cl)cc2)C(=O)O)ccc1Oc1cc(Oc2c(C)cc(C#N)cc2C)ncn1. The number of rotatable bonds is 9. The summed E-state index contributed by atoms with van der Waals surface area (Å²) in [6.45, 7) is 3.71. The van der Waals surface area contributed by atoms with Crippen molar-refractivity contribution in [3.63, 3.8) is 0 Å². The summed E-state index contributed by atoms with van der Waals surface area (Å²) in [5.74, 6) is 0.861. The molecule has 39 heavy (non-hydrogen) atoms. The Bertz CT molecular complexity index is 1570. The van der Waals surface area contributed by atoms with Gasteiger partial charge in [-0.3, -0.25) is 0 Å². The van der Waals surface area contributed by atoms with E-state index in [0.717, 1.165) is 22.3 Å². The Morgan fingerprint density at radius 1 is 0.974 bits per heavy atom. The minimum Gasteiger partial charge on any atom is -0.493 e. The molecule has 1 N–H and O–H groups in total. The highest BCUT2D eigenvalue weighted by Crippen LogP contribution is 2.34. The van der Waals surface area contributed by atoms with E-state index in [2.05, 4.69) is 16.0 Å².